The van der Waals surface area contributed by atoms with Crippen LogP contribution in [0.5, 0.6) is 0 Å². The topological polar surface area (TPSA) is 63.2 Å². The van der Waals surface area contributed by atoms with Crippen LogP contribution in [0.3, 0.4) is 0 Å². The summed E-state index contributed by atoms with van der Waals surface area (Å²) in [5, 5.41) is 8.45. The fraction of sp³-hybridized carbons (Fsp3) is 0.238. The summed E-state index contributed by atoms with van der Waals surface area (Å²) in [4.78, 5) is 16.5. The largest absolute Gasteiger partial charge is 0.385 e. The summed E-state index contributed by atoms with van der Waals surface area (Å²) in [6.07, 6.45) is 5.50. The number of nitrogens with one attached hydrogen (secondary N) is 2. The molecule has 3 aromatic rings. The molecule has 5 nitrogen and oxygen atoms in total. The second-order valence-corrected chi connectivity index (χ2v) is 7.10. The SMILES string of the molecule is COCCCc1ccc(CNC(=O)Nc2cccc(Cl)c2Cl)c2cnccc12. The maximum atomic E-state index is 12.3. The third kappa shape index (κ3) is 4.93. The summed E-state index contributed by atoms with van der Waals surface area (Å²) in [5.74, 6) is 0. The number of fused-ring (bicyclic) bond motifs is 1. The highest BCUT2D eigenvalue weighted by Gasteiger charge is 2.10. The van der Waals surface area contributed by atoms with Gasteiger partial charge in [-0.15, -0.1) is 0 Å². The Bertz CT molecular complexity index is 979. The number of methoxy groups -OCH3 is 1. The summed E-state index contributed by atoms with van der Waals surface area (Å²) in [7, 11) is 1.71. The van der Waals surface area contributed by atoms with Crippen molar-refractivity contribution >= 4 is 45.7 Å². The first-order chi connectivity index (χ1) is 13.6. The number of rotatable bonds is 7. The molecule has 146 valence electrons. The molecule has 2 N–H and O–H groups in total. The van der Waals surface area contributed by atoms with E-state index in [1.165, 1.54) is 5.56 Å². The molecule has 0 radical (unpaired) electrons. The third-order valence-electron chi connectivity index (χ3n) is 4.43. The van der Waals surface area contributed by atoms with Gasteiger partial charge in [0, 0.05) is 38.0 Å². The maximum Gasteiger partial charge on any atom is 0.319 e. The van der Waals surface area contributed by atoms with Crippen LogP contribution in [0, 0.1) is 0 Å². The van der Waals surface area contributed by atoms with Crippen molar-refractivity contribution in [2.24, 2.45) is 0 Å². The average Bonchev–Trinajstić information content (AvgIpc) is 2.71. The second kappa shape index (κ2) is 9.73. The quantitative estimate of drug-likeness (QED) is 0.502. The van der Waals surface area contributed by atoms with Crippen molar-refractivity contribution in [1.82, 2.24) is 10.3 Å². The van der Waals surface area contributed by atoms with Crippen LogP contribution in [0.2, 0.25) is 10.0 Å². The predicted octanol–water partition coefficient (Wildman–Crippen LogP) is 5.44. The lowest BCUT2D eigenvalue weighted by atomic mass is 9.98. The normalized spacial score (nSPS) is 10.8. The van der Waals surface area contributed by atoms with Crippen LogP contribution in [0.25, 0.3) is 10.8 Å². The Labute approximate surface area is 174 Å². The molecule has 1 heterocycles. The zero-order valence-electron chi connectivity index (χ0n) is 15.5. The Balaban J connectivity index is 1.71. The van der Waals surface area contributed by atoms with Gasteiger partial charge in [0.2, 0.25) is 0 Å². The van der Waals surface area contributed by atoms with Crippen molar-refractivity contribution in [3.8, 4) is 0 Å². The van der Waals surface area contributed by atoms with Crippen molar-refractivity contribution in [1.29, 1.82) is 0 Å². The molecule has 0 unspecified atom stereocenters. The standard InChI is InChI=1S/C21H21Cl2N3O2/c1-28-11-3-4-14-7-8-15(17-13-24-10-9-16(14)17)12-25-21(27)26-19-6-2-5-18(22)20(19)23/h2,5-10,13H,3-4,11-12H2,1H3,(H2,25,26,27). The molecule has 0 aliphatic carbocycles. The smallest absolute Gasteiger partial charge is 0.319 e. The van der Waals surface area contributed by atoms with Crippen molar-refractivity contribution in [3.63, 3.8) is 0 Å². The molecule has 7 heteroatoms. The number of pyridine rings is 1. The first-order valence-corrected chi connectivity index (χ1v) is 9.68. The van der Waals surface area contributed by atoms with E-state index in [2.05, 4.69) is 21.7 Å². The highest BCUT2D eigenvalue weighted by molar-refractivity contribution is 6.43. The van der Waals surface area contributed by atoms with Gasteiger partial charge in [-0.05, 0) is 47.6 Å². The summed E-state index contributed by atoms with van der Waals surface area (Å²) >= 11 is 12.1. The lowest BCUT2D eigenvalue weighted by Gasteiger charge is -2.13. The summed E-state index contributed by atoms with van der Waals surface area (Å²) in [6, 6.07) is 10.9. The minimum atomic E-state index is -0.356. The fourth-order valence-corrected chi connectivity index (χ4v) is 3.38. The van der Waals surface area contributed by atoms with Gasteiger partial charge in [-0.2, -0.15) is 0 Å². The number of urea groups is 1. The van der Waals surface area contributed by atoms with Gasteiger partial charge in [0.05, 0.1) is 15.7 Å². The van der Waals surface area contributed by atoms with Crippen molar-refractivity contribution in [3.05, 3.63) is 70.0 Å². The summed E-state index contributed by atoms with van der Waals surface area (Å²) < 4.78 is 5.14. The van der Waals surface area contributed by atoms with Crippen LogP contribution in [0.1, 0.15) is 17.5 Å². The van der Waals surface area contributed by atoms with Crippen molar-refractivity contribution < 1.29 is 9.53 Å². The molecule has 0 bridgehead atoms. The monoisotopic (exact) mass is 417 g/mol. The highest BCUT2D eigenvalue weighted by atomic mass is 35.5. The Morgan fingerprint density at radius 3 is 2.75 bits per heavy atom. The number of amides is 2. The van der Waals surface area contributed by atoms with E-state index in [0.717, 1.165) is 35.8 Å². The van der Waals surface area contributed by atoms with Crippen molar-refractivity contribution in [2.45, 2.75) is 19.4 Å². The van der Waals surface area contributed by atoms with E-state index in [0.29, 0.717) is 22.3 Å². The van der Waals surface area contributed by atoms with Crippen molar-refractivity contribution in [2.75, 3.05) is 19.0 Å². The first kappa shape index (κ1) is 20.4. The van der Waals surface area contributed by atoms with E-state index < -0.39 is 0 Å². The van der Waals surface area contributed by atoms with Gasteiger partial charge in [0.25, 0.3) is 0 Å². The number of ether oxygens (including phenoxy) is 1. The Kier molecular flexibility index (Phi) is 7.09. The molecular weight excluding hydrogens is 397 g/mol. The van der Waals surface area contributed by atoms with E-state index in [-0.39, 0.29) is 6.03 Å². The molecule has 0 aliphatic heterocycles. The lowest BCUT2D eigenvalue weighted by molar-refractivity contribution is 0.195. The zero-order chi connectivity index (χ0) is 19.9. The average molecular weight is 418 g/mol. The number of aromatic nitrogens is 1. The molecular formula is C21H21Cl2N3O2. The summed E-state index contributed by atoms with van der Waals surface area (Å²) in [6.45, 7) is 1.09. The second-order valence-electron chi connectivity index (χ2n) is 6.31. The van der Waals surface area contributed by atoms with Gasteiger partial charge in [0.15, 0.2) is 0 Å². The number of nitrogens with zero attached hydrogens (tertiary/aromatic N) is 1. The molecule has 3 rings (SSSR count). The number of carbonyl (C=O) groups excluding carboxylic acids is 1. The number of carbonyl (C=O) groups is 1. The third-order valence-corrected chi connectivity index (χ3v) is 5.25. The van der Waals surface area contributed by atoms with Crippen LogP contribution in [0.4, 0.5) is 10.5 Å². The van der Waals surface area contributed by atoms with Crippen LogP contribution < -0.4 is 10.6 Å². The summed E-state index contributed by atoms with van der Waals surface area (Å²) in [5.41, 5.74) is 2.70. The molecule has 0 aliphatic rings. The minimum Gasteiger partial charge on any atom is -0.385 e. The lowest BCUT2D eigenvalue weighted by Crippen LogP contribution is -2.28. The molecule has 2 amide bonds. The molecule has 1 aromatic heterocycles. The molecule has 0 saturated heterocycles. The minimum absolute atomic E-state index is 0.314. The molecule has 0 atom stereocenters. The molecule has 2 aromatic carbocycles. The van der Waals surface area contributed by atoms with E-state index >= 15 is 0 Å². The fourth-order valence-electron chi connectivity index (χ4n) is 3.03. The van der Waals surface area contributed by atoms with Crippen LogP contribution >= 0.6 is 23.2 Å². The van der Waals surface area contributed by atoms with E-state index in [4.69, 9.17) is 27.9 Å². The van der Waals surface area contributed by atoms with E-state index in [9.17, 15) is 4.79 Å². The Morgan fingerprint density at radius 1 is 1.11 bits per heavy atom. The number of hydrogen-bond acceptors (Lipinski definition) is 3. The molecule has 0 saturated carbocycles. The van der Waals surface area contributed by atoms with Crippen LogP contribution in [-0.4, -0.2) is 24.7 Å². The van der Waals surface area contributed by atoms with Gasteiger partial charge >= 0.3 is 6.03 Å². The Morgan fingerprint density at radius 2 is 1.93 bits per heavy atom. The first-order valence-electron chi connectivity index (χ1n) is 8.92. The van der Waals surface area contributed by atoms with Gasteiger partial charge < -0.3 is 15.4 Å². The predicted molar refractivity (Wildman–Crippen MR) is 114 cm³/mol. The van der Waals surface area contributed by atoms with Gasteiger partial charge in [0.1, 0.15) is 0 Å². The number of anilines is 1. The molecule has 28 heavy (non-hydrogen) atoms. The molecule has 0 spiro atoms. The zero-order valence-corrected chi connectivity index (χ0v) is 17.0. The Hall–Kier alpha value is -2.34. The highest BCUT2D eigenvalue weighted by Crippen LogP contribution is 2.29. The van der Waals surface area contributed by atoms with Gasteiger partial charge in [-0.3, -0.25) is 4.98 Å². The van der Waals surface area contributed by atoms with Gasteiger partial charge in [-0.25, -0.2) is 4.79 Å². The number of halogens is 2. The van der Waals surface area contributed by atoms with Crippen LogP contribution in [-0.2, 0) is 17.7 Å². The maximum absolute atomic E-state index is 12.3. The van der Waals surface area contributed by atoms with E-state index in [1.54, 1.807) is 31.5 Å². The van der Waals surface area contributed by atoms with E-state index in [1.807, 2.05) is 18.3 Å². The van der Waals surface area contributed by atoms with Crippen LogP contribution in [0.15, 0.2) is 48.8 Å². The number of hydrogen-bond donors (Lipinski definition) is 2. The number of aryl methyl sites for hydroxylation is 1. The number of benzene rings is 2. The molecule has 0 fully saturated rings. The van der Waals surface area contributed by atoms with Gasteiger partial charge in [-0.1, -0.05) is 41.4 Å².